The summed E-state index contributed by atoms with van der Waals surface area (Å²) in [7, 11) is -2.10. The average molecular weight is 329 g/mol. The van der Waals surface area contributed by atoms with Gasteiger partial charge < -0.3 is 5.11 Å². The van der Waals surface area contributed by atoms with Crippen molar-refractivity contribution in [1.29, 1.82) is 0 Å². The Balaban J connectivity index is 2.50. The van der Waals surface area contributed by atoms with E-state index in [0.717, 1.165) is 17.9 Å². The molecular formula is C14H19NO4S2. The molecule has 1 aliphatic heterocycles. The first-order valence-corrected chi connectivity index (χ1v) is 9.25. The van der Waals surface area contributed by atoms with Crippen LogP contribution in [-0.2, 0) is 10.0 Å². The highest BCUT2D eigenvalue weighted by Gasteiger charge is 2.32. The Bertz CT molecular complexity index is 664. The highest BCUT2D eigenvalue weighted by Crippen LogP contribution is 2.29. The van der Waals surface area contributed by atoms with Gasteiger partial charge in [0.2, 0.25) is 10.0 Å². The predicted octanol–water partition coefficient (Wildman–Crippen LogP) is 2.13. The molecule has 0 spiro atoms. The van der Waals surface area contributed by atoms with E-state index in [1.54, 1.807) is 32.7 Å². The molecule has 1 aromatic rings. The number of hydrogen-bond acceptors (Lipinski definition) is 4. The normalized spacial score (nSPS) is 19.1. The van der Waals surface area contributed by atoms with Gasteiger partial charge in [-0.05, 0) is 49.3 Å². The quantitative estimate of drug-likeness (QED) is 0.916. The third-order valence-electron chi connectivity index (χ3n) is 3.94. The topological polar surface area (TPSA) is 74.7 Å². The van der Waals surface area contributed by atoms with Crippen LogP contribution in [-0.4, -0.2) is 48.4 Å². The minimum absolute atomic E-state index is 0.00544. The number of hydrogen-bond donors (Lipinski definition) is 1. The molecule has 1 aromatic carbocycles. The first-order valence-electron chi connectivity index (χ1n) is 6.65. The fourth-order valence-electron chi connectivity index (χ4n) is 2.38. The summed E-state index contributed by atoms with van der Waals surface area (Å²) in [5.74, 6) is 0.623. The molecule has 0 bridgehead atoms. The van der Waals surface area contributed by atoms with Crippen molar-refractivity contribution >= 4 is 27.8 Å². The van der Waals surface area contributed by atoms with Crippen molar-refractivity contribution in [3.05, 3.63) is 28.8 Å². The van der Waals surface area contributed by atoms with Gasteiger partial charge in [-0.1, -0.05) is 0 Å². The molecule has 21 heavy (non-hydrogen) atoms. The van der Waals surface area contributed by atoms with E-state index in [4.69, 9.17) is 5.11 Å². The van der Waals surface area contributed by atoms with E-state index < -0.39 is 16.0 Å². The first kappa shape index (κ1) is 16.3. The molecule has 0 aliphatic carbocycles. The maximum Gasteiger partial charge on any atom is 0.335 e. The lowest BCUT2D eigenvalue weighted by Gasteiger charge is -2.24. The van der Waals surface area contributed by atoms with E-state index in [1.807, 2.05) is 0 Å². The number of aromatic carboxylic acids is 1. The summed E-state index contributed by atoms with van der Waals surface area (Å²) in [6.07, 6.45) is 0.830. The van der Waals surface area contributed by atoms with Crippen molar-refractivity contribution in [1.82, 2.24) is 4.31 Å². The highest BCUT2D eigenvalue weighted by atomic mass is 32.2. The molecule has 0 amide bonds. The lowest BCUT2D eigenvalue weighted by atomic mass is 10.1. The Morgan fingerprint density at radius 1 is 1.38 bits per heavy atom. The molecular weight excluding hydrogens is 310 g/mol. The van der Waals surface area contributed by atoms with Crippen molar-refractivity contribution < 1.29 is 18.3 Å². The van der Waals surface area contributed by atoms with E-state index >= 15 is 0 Å². The van der Waals surface area contributed by atoms with Crippen LogP contribution in [0.1, 0.15) is 27.9 Å². The van der Waals surface area contributed by atoms with Crippen LogP contribution in [0.2, 0.25) is 0 Å². The van der Waals surface area contributed by atoms with Crippen LogP contribution in [0.15, 0.2) is 17.0 Å². The number of aryl methyl sites for hydroxylation is 1. The molecule has 0 saturated carbocycles. The maximum absolute atomic E-state index is 12.8. The van der Waals surface area contributed by atoms with Crippen LogP contribution < -0.4 is 0 Å². The molecule has 1 aliphatic rings. The second-order valence-electron chi connectivity index (χ2n) is 5.26. The summed E-state index contributed by atoms with van der Waals surface area (Å²) in [5, 5.41) is 9.13. The molecule has 1 heterocycles. The van der Waals surface area contributed by atoms with Crippen LogP contribution in [0.25, 0.3) is 0 Å². The second-order valence-corrected chi connectivity index (χ2v) is 8.38. The Hall–Kier alpha value is -1.05. The van der Waals surface area contributed by atoms with E-state index in [2.05, 4.69) is 0 Å². The Morgan fingerprint density at radius 3 is 2.57 bits per heavy atom. The van der Waals surface area contributed by atoms with E-state index in [-0.39, 0.29) is 16.5 Å². The van der Waals surface area contributed by atoms with Gasteiger partial charge in [-0.3, -0.25) is 0 Å². The zero-order valence-electron chi connectivity index (χ0n) is 12.3. The Morgan fingerprint density at radius 2 is 2.05 bits per heavy atom. The van der Waals surface area contributed by atoms with Crippen LogP contribution in [0.5, 0.6) is 0 Å². The van der Waals surface area contributed by atoms with Crippen molar-refractivity contribution in [2.75, 3.05) is 18.6 Å². The van der Waals surface area contributed by atoms with Crippen LogP contribution in [0, 0.1) is 13.8 Å². The first-order chi connectivity index (χ1) is 9.75. The summed E-state index contributed by atoms with van der Waals surface area (Å²) in [5.41, 5.74) is 1.28. The number of carboxylic acids is 1. The van der Waals surface area contributed by atoms with Gasteiger partial charge in [0, 0.05) is 18.8 Å². The standard InChI is InChI=1S/C14H19NO4S2/c1-9-6-11(14(16)17)7-13(10(9)2)21(18,19)15(3)12-4-5-20-8-12/h6-7,12H,4-5,8H2,1-3H3,(H,16,17). The van der Waals surface area contributed by atoms with Gasteiger partial charge in [0.1, 0.15) is 0 Å². The minimum atomic E-state index is -3.67. The summed E-state index contributed by atoms with van der Waals surface area (Å²) < 4.78 is 27.0. The van der Waals surface area contributed by atoms with Gasteiger partial charge in [0.15, 0.2) is 0 Å². The average Bonchev–Trinajstić information content (AvgIpc) is 2.94. The molecule has 1 saturated heterocycles. The van der Waals surface area contributed by atoms with Crippen molar-refractivity contribution in [3.63, 3.8) is 0 Å². The van der Waals surface area contributed by atoms with Gasteiger partial charge in [0.05, 0.1) is 10.5 Å². The van der Waals surface area contributed by atoms with Gasteiger partial charge in [-0.15, -0.1) is 0 Å². The monoisotopic (exact) mass is 329 g/mol. The molecule has 5 nitrogen and oxygen atoms in total. The van der Waals surface area contributed by atoms with Crippen molar-refractivity contribution in [2.24, 2.45) is 0 Å². The molecule has 0 aromatic heterocycles. The maximum atomic E-state index is 12.8. The number of sulfonamides is 1. The molecule has 1 unspecified atom stereocenters. The van der Waals surface area contributed by atoms with Crippen molar-refractivity contribution in [3.8, 4) is 0 Å². The zero-order chi connectivity index (χ0) is 15.8. The molecule has 1 N–H and O–H groups in total. The SMILES string of the molecule is Cc1cc(C(=O)O)cc(S(=O)(=O)N(C)C2CCSC2)c1C. The lowest BCUT2D eigenvalue weighted by molar-refractivity contribution is 0.0696. The molecule has 1 atom stereocenters. The van der Waals surface area contributed by atoms with Crippen LogP contribution in [0.4, 0.5) is 0 Å². The molecule has 1 fully saturated rings. The largest absolute Gasteiger partial charge is 0.478 e. The van der Waals surface area contributed by atoms with Gasteiger partial charge >= 0.3 is 5.97 Å². The van der Waals surface area contributed by atoms with Crippen LogP contribution in [0.3, 0.4) is 0 Å². The van der Waals surface area contributed by atoms with Gasteiger partial charge in [0.25, 0.3) is 0 Å². The molecule has 0 radical (unpaired) electrons. The Labute approximate surface area is 129 Å². The predicted molar refractivity (Wildman–Crippen MR) is 83.6 cm³/mol. The van der Waals surface area contributed by atoms with Gasteiger partial charge in [-0.2, -0.15) is 16.1 Å². The minimum Gasteiger partial charge on any atom is -0.478 e. The number of carbonyl (C=O) groups is 1. The fraction of sp³-hybridized carbons (Fsp3) is 0.500. The number of nitrogens with zero attached hydrogens (tertiary/aromatic N) is 1. The summed E-state index contributed by atoms with van der Waals surface area (Å²) in [6, 6.07) is 2.74. The molecule has 2 rings (SSSR count). The van der Waals surface area contributed by atoms with E-state index in [9.17, 15) is 13.2 Å². The van der Waals surface area contributed by atoms with Gasteiger partial charge in [-0.25, -0.2) is 13.2 Å². The lowest BCUT2D eigenvalue weighted by Crippen LogP contribution is -2.37. The summed E-state index contributed by atoms with van der Waals surface area (Å²) in [6.45, 7) is 3.44. The number of thioether (sulfide) groups is 1. The molecule has 7 heteroatoms. The number of rotatable bonds is 4. The third-order valence-corrected chi connectivity index (χ3v) is 7.12. The molecule has 116 valence electrons. The third kappa shape index (κ3) is 3.09. The number of carboxylic acid groups (broad SMARTS) is 1. The zero-order valence-corrected chi connectivity index (χ0v) is 13.9. The fourth-order valence-corrected chi connectivity index (χ4v) is 5.45. The van der Waals surface area contributed by atoms with E-state index in [0.29, 0.717) is 11.1 Å². The Kier molecular flexibility index (Phi) is 4.65. The summed E-state index contributed by atoms with van der Waals surface area (Å²) >= 11 is 1.74. The summed E-state index contributed by atoms with van der Waals surface area (Å²) in [4.78, 5) is 11.3. The van der Waals surface area contributed by atoms with Crippen LogP contribution >= 0.6 is 11.8 Å². The highest BCUT2D eigenvalue weighted by molar-refractivity contribution is 7.99. The van der Waals surface area contributed by atoms with E-state index in [1.165, 1.54) is 16.4 Å². The van der Waals surface area contributed by atoms with Crippen molar-refractivity contribution in [2.45, 2.75) is 31.2 Å². The smallest absolute Gasteiger partial charge is 0.335 e. The second kappa shape index (κ2) is 5.98. The number of benzene rings is 1.